The van der Waals surface area contributed by atoms with Crippen LogP contribution in [0.2, 0.25) is 0 Å². The largest absolute Gasteiger partial charge is 0.491 e. The minimum absolute atomic E-state index is 0.116. The van der Waals surface area contributed by atoms with Crippen LogP contribution in [0.4, 0.5) is 0 Å². The molecule has 2 aromatic rings. The predicted octanol–water partition coefficient (Wildman–Crippen LogP) is 2.71. The first-order valence-corrected chi connectivity index (χ1v) is 8.20. The van der Waals surface area contributed by atoms with Crippen molar-refractivity contribution in [2.75, 3.05) is 13.2 Å². The van der Waals surface area contributed by atoms with Crippen LogP contribution >= 0.6 is 0 Å². The van der Waals surface area contributed by atoms with Gasteiger partial charge in [0, 0.05) is 11.3 Å². The van der Waals surface area contributed by atoms with Crippen LogP contribution in [0.1, 0.15) is 45.7 Å². The molecule has 1 aromatic heterocycles. The van der Waals surface area contributed by atoms with Crippen molar-refractivity contribution in [3.05, 3.63) is 46.3 Å². The number of benzene rings is 1. The van der Waals surface area contributed by atoms with Crippen LogP contribution < -0.4 is 10.1 Å². The lowest BCUT2D eigenvalue weighted by Gasteiger charge is -2.13. The zero-order valence-corrected chi connectivity index (χ0v) is 13.7. The van der Waals surface area contributed by atoms with Crippen LogP contribution in [0, 0.1) is 13.8 Å². The summed E-state index contributed by atoms with van der Waals surface area (Å²) in [6.45, 7) is 4.96. The van der Waals surface area contributed by atoms with Gasteiger partial charge < -0.3 is 10.1 Å². The number of aryl methyl sites for hydroxylation is 3. The molecule has 0 saturated heterocycles. The molecule has 1 amide bonds. The van der Waals surface area contributed by atoms with Gasteiger partial charge in [-0.25, -0.2) is 0 Å². The van der Waals surface area contributed by atoms with E-state index >= 15 is 0 Å². The number of hydrogen-bond acceptors (Lipinski definition) is 3. The third-order valence-corrected chi connectivity index (χ3v) is 4.31. The molecule has 122 valence electrons. The Morgan fingerprint density at radius 2 is 2.00 bits per heavy atom. The van der Waals surface area contributed by atoms with Crippen molar-refractivity contribution in [2.24, 2.45) is 0 Å². The highest BCUT2D eigenvalue weighted by molar-refractivity contribution is 5.94. The van der Waals surface area contributed by atoms with Crippen molar-refractivity contribution in [3.8, 4) is 5.75 Å². The molecule has 1 aromatic carbocycles. The number of nitrogens with zero attached hydrogens (tertiary/aromatic N) is 1. The quantitative estimate of drug-likeness (QED) is 0.834. The van der Waals surface area contributed by atoms with Gasteiger partial charge in [0.1, 0.15) is 12.4 Å². The van der Waals surface area contributed by atoms with Crippen LogP contribution in [-0.4, -0.2) is 29.3 Å². The third-order valence-electron chi connectivity index (χ3n) is 4.31. The molecule has 0 aliphatic heterocycles. The molecule has 1 aliphatic rings. The van der Waals surface area contributed by atoms with Crippen LogP contribution in [-0.2, 0) is 12.8 Å². The summed E-state index contributed by atoms with van der Waals surface area (Å²) < 4.78 is 5.81. The highest BCUT2D eigenvalue weighted by Gasteiger charge is 2.21. The summed E-state index contributed by atoms with van der Waals surface area (Å²) in [6.07, 6.45) is 4.22. The predicted molar refractivity (Wildman–Crippen MR) is 89.0 cm³/mol. The molecule has 0 spiro atoms. The van der Waals surface area contributed by atoms with E-state index in [2.05, 4.69) is 15.5 Å². The van der Waals surface area contributed by atoms with Gasteiger partial charge in [-0.1, -0.05) is 18.2 Å². The number of aromatic nitrogens is 2. The lowest BCUT2D eigenvalue weighted by Crippen LogP contribution is -2.29. The summed E-state index contributed by atoms with van der Waals surface area (Å²) in [6, 6.07) is 6.06. The first-order valence-electron chi connectivity index (χ1n) is 8.20. The average molecular weight is 313 g/mol. The zero-order valence-electron chi connectivity index (χ0n) is 13.7. The number of nitrogens with one attached hydrogen (secondary N) is 2. The Morgan fingerprint density at radius 3 is 2.78 bits per heavy atom. The molecular formula is C18H23N3O2. The van der Waals surface area contributed by atoms with Crippen molar-refractivity contribution >= 4 is 5.91 Å². The second-order valence-corrected chi connectivity index (χ2v) is 6.06. The van der Waals surface area contributed by atoms with Crippen LogP contribution in [0.5, 0.6) is 5.75 Å². The van der Waals surface area contributed by atoms with Gasteiger partial charge in [0.15, 0.2) is 5.69 Å². The second kappa shape index (κ2) is 6.86. The fraction of sp³-hybridized carbons (Fsp3) is 0.444. The first kappa shape index (κ1) is 15.6. The Morgan fingerprint density at radius 1 is 1.26 bits per heavy atom. The monoisotopic (exact) mass is 313 g/mol. The molecule has 3 rings (SSSR count). The summed E-state index contributed by atoms with van der Waals surface area (Å²) in [4.78, 5) is 12.3. The summed E-state index contributed by atoms with van der Waals surface area (Å²) in [5.41, 5.74) is 4.97. The lowest BCUT2D eigenvalue weighted by atomic mass is 9.96. The fourth-order valence-corrected chi connectivity index (χ4v) is 3.10. The Kier molecular flexibility index (Phi) is 4.65. The molecule has 1 aliphatic carbocycles. The number of H-pyrrole nitrogens is 1. The number of aromatic amines is 1. The minimum atomic E-state index is -0.116. The van der Waals surface area contributed by atoms with E-state index in [0.29, 0.717) is 18.8 Å². The van der Waals surface area contributed by atoms with Crippen molar-refractivity contribution in [2.45, 2.75) is 39.5 Å². The van der Waals surface area contributed by atoms with Crippen LogP contribution in [0.25, 0.3) is 0 Å². The SMILES string of the molecule is Cc1cccc(C)c1OCCNC(=O)c1n[nH]c2c1CCCC2. The van der Waals surface area contributed by atoms with Gasteiger partial charge in [0.2, 0.25) is 0 Å². The lowest BCUT2D eigenvalue weighted by molar-refractivity contribution is 0.0941. The molecule has 0 bridgehead atoms. The molecule has 0 atom stereocenters. The number of carbonyl (C=O) groups excluding carboxylic acids is 1. The van der Waals surface area contributed by atoms with Gasteiger partial charge in [-0.2, -0.15) is 5.10 Å². The third kappa shape index (κ3) is 3.38. The molecule has 0 unspecified atom stereocenters. The highest BCUT2D eigenvalue weighted by Crippen LogP contribution is 2.23. The van der Waals surface area contributed by atoms with E-state index in [-0.39, 0.29) is 5.91 Å². The number of fused-ring (bicyclic) bond motifs is 1. The maximum atomic E-state index is 12.3. The first-order chi connectivity index (χ1) is 11.2. The molecule has 0 saturated carbocycles. The molecule has 0 radical (unpaired) electrons. The Hall–Kier alpha value is -2.30. The minimum Gasteiger partial charge on any atom is -0.491 e. The Bertz CT molecular complexity index is 686. The van der Waals surface area contributed by atoms with Crippen molar-refractivity contribution in [1.29, 1.82) is 0 Å². The Labute approximate surface area is 136 Å². The van der Waals surface area contributed by atoms with E-state index in [1.54, 1.807) is 0 Å². The summed E-state index contributed by atoms with van der Waals surface area (Å²) >= 11 is 0. The summed E-state index contributed by atoms with van der Waals surface area (Å²) in [7, 11) is 0. The smallest absolute Gasteiger partial charge is 0.272 e. The summed E-state index contributed by atoms with van der Waals surface area (Å²) in [5, 5.41) is 10.1. The van der Waals surface area contributed by atoms with Crippen molar-refractivity contribution in [1.82, 2.24) is 15.5 Å². The number of amides is 1. The molecular weight excluding hydrogens is 290 g/mol. The standard InChI is InChI=1S/C18H23N3O2/c1-12-6-5-7-13(2)17(12)23-11-10-19-18(22)16-14-8-3-4-9-15(14)20-21-16/h5-7H,3-4,8-11H2,1-2H3,(H,19,22)(H,20,21). The number of carbonyl (C=O) groups is 1. The average Bonchev–Trinajstić information content (AvgIpc) is 2.97. The van der Waals surface area contributed by atoms with E-state index in [4.69, 9.17) is 4.74 Å². The van der Waals surface area contributed by atoms with E-state index in [9.17, 15) is 4.79 Å². The number of rotatable bonds is 5. The van der Waals surface area contributed by atoms with E-state index in [1.165, 1.54) is 6.42 Å². The molecule has 5 heteroatoms. The summed E-state index contributed by atoms with van der Waals surface area (Å²) in [5.74, 6) is 0.786. The fourth-order valence-electron chi connectivity index (χ4n) is 3.10. The maximum Gasteiger partial charge on any atom is 0.272 e. The maximum absolute atomic E-state index is 12.3. The number of ether oxygens (including phenoxy) is 1. The molecule has 0 fully saturated rings. The van der Waals surface area contributed by atoms with Crippen LogP contribution in [0.3, 0.4) is 0 Å². The molecule has 2 N–H and O–H groups in total. The molecule has 1 heterocycles. The van der Waals surface area contributed by atoms with Gasteiger partial charge in [-0.15, -0.1) is 0 Å². The van der Waals surface area contributed by atoms with E-state index < -0.39 is 0 Å². The van der Waals surface area contributed by atoms with Gasteiger partial charge in [0.05, 0.1) is 6.54 Å². The van der Waals surface area contributed by atoms with Gasteiger partial charge in [-0.05, 0) is 50.7 Å². The number of hydrogen-bond donors (Lipinski definition) is 2. The van der Waals surface area contributed by atoms with Gasteiger partial charge in [0.25, 0.3) is 5.91 Å². The molecule has 5 nitrogen and oxygen atoms in total. The highest BCUT2D eigenvalue weighted by atomic mass is 16.5. The van der Waals surface area contributed by atoms with E-state index in [0.717, 1.165) is 47.4 Å². The van der Waals surface area contributed by atoms with E-state index in [1.807, 2.05) is 32.0 Å². The van der Waals surface area contributed by atoms with Crippen molar-refractivity contribution < 1.29 is 9.53 Å². The van der Waals surface area contributed by atoms with Gasteiger partial charge >= 0.3 is 0 Å². The number of para-hydroxylation sites is 1. The zero-order chi connectivity index (χ0) is 16.2. The van der Waals surface area contributed by atoms with Gasteiger partial charge in [-0.3, -0.25) is 9.89 Å². The topological polar surface area (TPSA) is 67.0 Å². The van der Waals surface area contributed by atoms with Crippen LogP contribution in [0.15, 0.2) is 18.2 Å². The van der Waals surface area contributed by atoms with Crippen molar-refractivity contribution in [3.63, 3.8) is 0 Å². The Balaban J connectivity index is 1.53. The molecule has 23 heavy (non-hydrogen) atoms. The second-order valence-electron chi connectivity index (χ2n) is 6.06. The normalized spacial score (nSPS) is 13.5.